The molecule has 1 saturated heterocycles. The molecule has 3 nitrogen and oxygen atoms in total. The fourth-order valence-electron chi connectivity index (χ4n) is 2.45. The quantitative estimate of drug-likeness (QED) is 0.861. The molecule has 1 aromatic carbocycles. The highest BCUT2D eigenvalue weighted by atomic mass is 19.4. The Balaban J connectivity index is 2.20. The molecule has 2 rings (SSSR count). The minimum atomic E-state index is -4.33. The van der Waals surface area contributed by atoms with Gasteiger partial charge in [-0.2, -0.15) is 13.2 Å². The summed E-state index contributed by atoms with van der Waals surface area (Å²) in [5, 5.41) is 2.47. The van der Waals surface area contributed by atoms with E-state index in [-0.39, 0.29) is 12.1 Å². The molecule has 0 radical (unpaired) electrons. The van der Waals surface area contributed by atoms with Crippen molar-refractivity contribution in [2.75, 3.05) is 6.54 Å². The van der Waals surface area contributed by atoms with E-state index in [1.54, 1.807) is 19.1 Å². The number of benzene rings is 1. The number of nitrogens with one attached hydrogen (secondary N) is 1. The van der Waals surface area contributed by atoms with Crippen molar-refractivity contribution in [3.63, 3.8) is 0 Å². The fourth-order valence-corrected chi connectivity index (χ4v) is 2.45. The van der Waals surface area contributed by atoms with Crippen molar-refractivity contribution in [2.45, 2.75) is 58.0 Å². The average molecular weight is 329 g/mol. The molecule has 1 fully saturated rings. The average Bonchev–Trinajstić information content (AvgIpc) is 2.64. The summed E-state index contributed by atoms with van der Waals surface area (Å²) < 4.78 is 51.1. The van der Waals surface area contributed by atoms with Gasteiger partial charge in [-0.1, -0.05) is 31.2 Å². The summed E-state index contributed by atoms with van der Waals surface area (Å²) in [6.45, 7) is 9.64. The summed E-state index contributed by atoms with van der Waals surface area (Å²) >= 11 is 0. The Bertz CT molecular complexity index is 527. The molecule has 0 aliphatic carbocycles. The van der Waals surface area contributed by atoms with Crippen molar-refractivity contribution in [1.82, 2.24) is 5.32 Å². The highest BCUT2D eigenvalue weighted by molar-refractivity contribution is 6.62. The first-order chi connectivity index (χ1) is 10.5. The van der Waals surface area contributed by atoms with E-state index < -0.39 is 30.5 Å². The van der Waals surface area contributed by atoms with Gasteiger partial charge in [0.2, 0.25) is 0 Å². The van der Waals surface area contributed by atoms with Crippen molar-refractivity contribution in [3.8, 4) is 0 Å². The van der Waals surface area contributed by atoms with E-state index in [4.69, 9.17) is 9.31 Å². The molecule has 0 amide bonds. The van der Waals surface area contributed by atoms with Crippen LogP contribution in [-0.4, -0.2) is 31.0 Å². The van der Waals surface area contributed by atoms with Gasteiger partial charge in [0.15, 0.2) is 0 Å². The van der Waals surface area contributed by atoms with Crippen LogP contribution in [0.15, 0.2) is 24.3 Å². The molecule has 0 saturated carbocycles. The lowest BCUT2D eigenvalue weighted by Gasteiger charge is -2.32. The lowest BCUT2D eigenvalue weighted by Crippen LogP contribution is -2.41. The lowest BCUT2D eigenvalue weighted by atomic mass is 9.78. The molecule has 23 heavy (non-hydrogen) atoms. The molecule has 128 valence electrons. The number of rotatable bonds is 4. The van der Waals surface area contributed by atoms with Crippen LogP contribution in [-0.2, 0) is 9.31 Å². The number of hydrogen-bond donors (Lipinski definition) is 1. The maximum Gasteiger partial charge on any atom is 0.494 e. The molecular formula is C16H23BF3NO2. The molecule has 1 aliphatic heterocycles. The minimum Gasteiger partial charge on any atom is -0.399 e. The van der Waals surface area contributed by atoms with Gasteiger partial charge in [0, 0.05) is 0 Å². The zero-order valence-electron chi connectivity index (χ0n) is 14.1. The molecule has 1 aromatic rings. The first kappa shape index (κ1) is 18.3. The summed E-state index contributed by atoms with van der Waals surface area (Å²) in [7, 11) is -0.572. The van der Waals surface area contributed by atoms with Crippen molar-refractivity contribution in [3.05, 3.63) is 29.8 Å². The number of hydrogen-bond acceptors (Lipinski definition) is 3. The van der Waals surface area contributed by atoms with Crippen LogP contribution in [0.2, 0.25) is 0 Å². The number of alkyl halides is 3. The predicted molar refractivity (Wildman–Crippen MR) is 84.6 cm³/mol. The second-order valence-electron chi connectivity index (χ2n) is 6.79. The third kappa shape index (κ3) is 3.73. The largest absolute Gasteiger partial charge is 0.494 e. The zero-order valence-corrected chi connectivity index (χ0v) is 14.1. The second-order valence-corrected chi connectivity index (χ2v) is 6.79. The molecule has 7 heteroatoms. The monoisotopic (exact) mass is 329 g/mol. The lowest BCUT2D eigenvalue weighted by molar-refractivity contribution is -0.157. The zero-order chi connectivity index (χ0) is 17.5. The van der Waals surface area contributed by atoms with E-state index in [0.717, 1.165) is 0 Å². The van der Waals surface area contributed by atoms with Crippen LogP contribution < -0.4 is 10.8 Å². The maximum atomic E-state index is 13.1. The molecule has 1 N–H and O–H groups in total. The van der Waals surface area contributed by atoms with E-state index in [1.165, 1.54) is 12.1 Å². The standard InChI is InChI=1S/C16H23BF3NO2/c1-6-21-13(16(18,19)20)11-7-9-12(10-8-11)17-22-14(2,3)15(4,5)23-17/h7-10,13,21H,6H2,1-5H3. The molecule has 0 bridgehead atoms. The normalized spacial score (nSPS) is 21.5. The molecule has 0 spiro atoms. The highest BCUT2D eigenvalue weighted by Crippen LogP contribution is 2.37. The van der Waals surface area contributed by atoms with E-state index in [9.17, 15) is 13.2 Å². The fraction of sp³-hybridized carbons (Fsp3) is 0.625. The molecule has 1 heterocycles. The first-order valence-electron chi connectivity index (χ1n) is 7.73. The summed E-state index contributed by atoms with van der Waals surface area (Å²) in [5.41, 5.74) is -0.0621. The Kier molecular flexibility index (Phi) is 4.86. The maximum absolute atomic E-state index is 13.1. The molecule has 1 aliphatic rings. The van der Waals surface area contributed by atoms with Crippen LogP contribution in [0.25, 0.3) is 0 Å². The summed E-state index contributed by atoms with van der Waals surface area (Å²) in [6, 6.07) is 4.54. The van der Waals surface area contributed by atoms with Gasteiger partial charge in [-0.05, 0) is 45.3 Å². The third-order valence-corrected chi connectivity index (χ3v) is 4.53. The van der Waals surface area contributed by atoms with Gasteiger partial charge < -0.3 is 14.6 Å². The highest BCUT2D eigenvalue weighted by Gasteiger charge is 2.51. The van der Waals surface area contributed by atoms with Crippen LogP contribution in [0.5, 0.6) is 0 Å². The minimum absolute atomic E-state index is 0.180. The van der Waals surface area contributed by atoms with Crippen LogP contribution in [0, 0.1) is 0 Å². The molecular weight excluding hydrogens is 306 g/mol. The van der Waals surface area contributed by atoms with Gasteiger partial charge in [-0.15, -0.1) is 0 Å². The SMILES string of the molecule is CCNC(c1ccc(B2OC(C)(C)C(C)(C)O2)cc1)C(F)(F)F. The van der Waals surface area contributed by atoms with Crippen molar-refractivity contribution in [2.24, 2.45) is 0 Å². The van der Waals surface area contributed by atoms with Crippen LogP contribution in [0.3, 0.4) is 0 Å². The van der Waals surface area contributed by atoms with Gasteiger partial charge in [0.25, 0.3) is 0 Å². The molecule has 0 aromatic heterocycles. The summed E-state index contributed by atoms with van der Waals surface area (Å²) in [5.74, 6) is 0. The third-order valence-electron chi connectivity index (χ3n) is 4.53. The topological polar surface area (TPSA) is 30.5 Å². The number of halogens is 3. The van der Waals surface area contributed by atoms with Gasteiger partial charge in [0.05, 0.1) is 11.2 Å². The Hall–Kier alpha value is -1.05. The van der Waals surface area contributed by atoms with Gasteiger partial charge in [0.1, 0.15) is 6.04 Å². The van der Waals surface area contributed by atoms with E-state index in [2.05, 4.69) is 5.32 Å². The first-order valence-corrected chi connectivity index (χ1v) is 7.73. The Morgan fingerprint density at radius 1 is 1.04 bits per heavy atom. The van der Waals surface area contributed by atoms with E-state index in [0.29, 0.717) is 5.46 Å². The second kappa shape index (κ2) is 6.11. The Morgan fingerprint density at radius 2 is 1.52 bits per heavy atom. The van der Waals surface area contributed by atoms with E-state index in [1.807, 2.05) is 27.7 Å². The predicted octanol–water partition coefficient (Wildman–Crippen LogP) is 3.20. The van der Waals surface area contributed by atoms with Gasteiger partial charge in [-0.3, -0.25) is 0 Å². The summed E-state index contributed by atoms with van der Waals surface area (Å²) in [6.07, 6.45) is -4.33. The Morgan fingerprint density at radius 3 is 1.91 bits per heavy atom. The van der Waals surface area contributed by atoms with Crippen LogP contribution in [0.1, 0.15) is 46.2 Å². The van der Waals surface area contributed by atoms with Crippen molar-refractivity contribution >= 4 is 12.6 Å². The molecule has 1 atom stereocenters. The van der Waals surface area contributed by atoms with Crippen LogP contribution >= 0.6 is 0 Å². The smallest absolute Gasteiger partial charge is 0.399 e. The summed E-state index contributed by atoms with van der Waals surface area (Å²) in [4.78, 5) is 0. The van der Waals surface area contributed by atoms with Gasteiger partial charge in [-0.25, -0.2) is 0 Å². The van der Waals surface area contributed by atoms with Crippen molar-refractivity contribution in [1.29, 1.82) is 0 Å². The van der Waals surface area contributed by atoms with E-state index >= 15 is 0 Å². The van der Waals surface area contributed by atoms with Crippen LogP contribution in [0.4, 0.5) is 13.2 Å². The van der Waals surface area contributed by atoms with Gasteiger partial charge >= 0.3 is 13.3 Å². The molecule has 1 unspecified atom stereocenters. The Labute approximate surface area is 135 Å². The van der Waals surface area contributed by atoms with Crippen molar-refractivity contribution < 1.29 is 22.5 Å².